The number of nitrogens with one attached hydrogen (secondary N) is 1. The van der Waals surface area contributed by atoms with Gasteiger partial charge >= 0.3 is 0 Å². The quantitative estimate of drug-likeness (QED) is 0.588. The Balaban J connectivity index is 1.18. The van der Waals surface area contributed by atoms with Crippen LogP contribution in [0.1, 0.15) is 61.1 Å². The van der Waals surface area contributed by atoms with Crippen molar-refractivity contribution in [2.45, 2.75) is 51.4 Å². The van der Waals surface area contributed by atoms with Gasteiger partial charge in [0.25, 0.3) is 0 Å². The number of carbonyl (C=O) groups is 1. The van der Waals surface area contributed by atoms with Crippen LogP contribution in [-0.4, -0.2) is 30.4 Å². The zero-order valence-corrected chi connectivity index (χ0v) is 19.2. The van der Waals surface area contributed by atoms with Crippen molar-refractivity contribution < 1.29 is 9.18 Å². The van der Waals surface area contributed by atoms with Crippen molar-refractivity contribution in [3.05, 3.63) is 77.6 Å². The van der Waals surface area contributed by atoms with Gasteiger partial charge in [0.2, 0.25) is 5.91 Å². The molecule has 2 fully saturated rings. The minimum absolute atomic E-state index is 0.125. The first-order valence-corrected chi connectivity index (χ1v) is 12.0. The van der Waals surface area contributed by atoms with E-state index < -0.39 is 0 Å². The molecule has 1 saturated heterocycles. The van der Waals surface area contributed by atoms with Gasteiger partial charge in [-0.25, -0.2) is 4.39 Å². The van der Waals surface area contributed by atoms with E-state index in [1.807, 2.05) is 4.90 Å². The summed E-state index contributed by atoms with van der Waals surface area (Å²) in [5.74, 6) is 2.04. The van der Waals surface area contributed by atoms with E-state index in [9.17, 15) is 9.18 Å². The maximum absolute atomic E-state index is 13.5. The van der Waals surface area contributed by atoms with Gasteiger partial charge in [0.15, 0.2) is 0 Å². The number of nitrogens with zero attached hydrogens (tertiary/aromatic N) is 1. The lowest BCUT2D eigenvalue weighted by molar-refractivity contribution is -0.129. The van der Waals surface area contributed by atoms with Crippen molar-refractivity contribution in [3.8, 4) is 0 Å². The molecular formula is C28H35FN2O. The molecule has 1 amide bonds. The highest BCUT2D eigenvalue weighted by Gasteiger charge is 2.30. The number of halogens is 1. The molecule has 1 atom stereocenters. The average Bonchev–Trinajstić information content (AvgIpc) is 3.28. The zero-order valence-electron chi connectivity index (χ0n) is 19.2. The van der Waals surface area contributed by atoms with E-state index in [4.69, 9.17) is 0 Å². The Morgan fingerprint density at radius 2 is 1.81 bits per heavy atom. The third-order valence-corrected chi connectivity index (χ3v) is 7.38. The SMILES string of the molecule is C=C(NCC(=O)N1CCC(CC2CCC(c3ccccc3)CC2)C1)c1ccc(F)c(C)c1. The molecule has 1 N–H and O–H groups in total. The molecule has 0 aromatic heterocycles. The molecular weight excluding hydrogens is 399 g/mol. The van der Waals surface area contributed by atoms with E-state index in [0.29, 0.717) is 17.2 Å². The summed E-state index contributed by atoms with van der Waals surface area (Å²) in [7, 11) is 0. The van der Waals surface area contributed by atoms with E-state index >= 15 is 0 Å². The standard InChI is InChI=1S/C28H35FN2O/c1-20-16-26(12-13-27(20)29)21(2)30-18-28(32)31-15-14-23(19-31)17-22-8-10-25(11-9-22)24-6-4-3-5-7-24/h3-7,12-13,16,22-23,25,30H,2,8-11,14-15,17-19H2,1H3. The van der Waals surface area contributed by atoms with Crippen LogP contribution in [-0.2, 0) is 4.79 Å². The Bertz CT molecular complexity index is 934. The summed E-state index contributed by atoms with van der Waals surface area (Å²) in [6.45, 7) is 7.71. The van der Waals surface area contributed by atoms with Gasteiger partial charge in [0.1, 0.15) is 5.82 Å². The second-order valence-corrected chi connectivity index (χ2v) is 9.65. The van der Waals surface area contributed by atoms with E-state index in [1.54, 1.807) is 19.1 Å². The van der Waals surface area contributed by atoms with Gasteiger partial charge in [0.05, 0.1) is 6.54 Å². The molecule has 170 valence electrons. The van der Waals surface area contributed by atoms with Gasteiger partial charge < -0.3 is 10.2 Å². The molecule has 2 aromatic carbocycles. The number of hydrogen-bond donors (Lipinski definition) is 1. The Morgan fingerprint density at radius 1 is 1.06 bits per heavy atom. The normalized spacial score (nSPS) is 23.2. The molecule has 0 spiro atoms. The Morgan fingerprint density at radius 3 is 2.53 bits per heavy atom. The third-order valence-electron chi connectivity index (χ3n) is 7.38. The molecule has 2 aromatic rings. The molecule has 2 aliphatic rings. The van der Waals surface area contributed by atoms with Gasteiger partial charge in [-0.1, -0.05) is 43.0 Å². The second kappa shape index (κ2) is 10.3. The fourth-order valence-electron chi connectivity index (χ4n) is 5.41. The zero-order chi connectivity index (χ0) is 22.5. The summed E-state index contributed by atoms with van der Waals surface area (Å²) in [6, 6.07) is 15.8. The summed E-state index contributed by atoms with van der Waals surface area (Å²) >= 11 is 0. The van der Waals surface area contributed by atoms with Crippen molar-refractivity contribution in [1.29, 1.82) is 0 Å². The molecule has 1 heterocycles. The number of rotatable bonds is 7. The lowest BCUT2D eigenvalue weighted by atomic mass is 9.75. The number of carbonyl (C=O) groups excluding carboxylic acids is 1. The molecule has 1 aliphatic carbocycles. The maximum atomic E-state index is 13.5. The Hall–Kier alpha value is -2.62. The van der Waals surface area contributed by atoms with Gasteiger partial charge in [-0.3, -0.25) is 4.79 Å². The summed E-state index contributed by atoms with van der Waals surface area (Å²) in [4.78, 5) is 14.7. The predicted octanol–water partition coefficient (Wildman–Crippen LogP) is 5.91. The van der Waals surface area contributed by atoms with Crippen LogP contribution in [0.2, 0.25) is 0 Å². The molecule has 0 bridgehead atoms. The fourth-order valence-corrected chi connectivity index (χ4v) is 5.41. The van der Waals surface area contributed by atoms with Gasteiger partial charge in [0, 0.05) is 18.8 Å². The van der Waals surface area contributed by atoms with Crippen molar-refractivity contribution >= 4 is 11.6 Å². The molecule has 3 nitrogen and oxygen atoms in total. The second-order valence-electron chi connectivity index (χ2n) is 9.65. The van der Waals surface area contributed by atoms with E-state index in [2.05, 4.69) is 42.2 Å². The largest absolute Gasteiger partial charge is 0.376 e. The summed E-state index contributed by atoms with van der Waals surface area (Å²) in [5.41, 5.74) is 3.56. The van der Waals surface area contributed by atoms with Crippen LogP contribution < -0.4 is 5.32 Å². The average molecular weight is 435 g/mol. The topological polar surface area (TPSA) is 32.3 Å². The summed E-state index contributed by atoms with van der Waals surface area (Å²) in [5, 5.41) is 3.13. The van der Waals surface area contributed by atoms with Gasteiger partial charge in [-0.05, 0) is 92.0 Å². The smallest absolute Gasteiger partial charge is 0.241 e. The van der Waals surface area contributed by atoms with Crippen LogP contribution >= 0.6 is 0 Å². The number of benzene rings is 2. The van der Waals surface area contributed by atoms with Crippen LogP contribution in [0.3, 0.4) is 0 Å². The Labute approximate surface area is 191 Å². The van der Waals surface area contributed by atoms with Gasteiger partial charge in [-0.15, -0.1) is 0 Å². The third kappa shape index (κ3) is 5.59. The molecule has 4 heteroatoms. The highest BCUT2D eigenvalue weighted by atomic mass is 19.1. The number of hydrogen-bond acceptors (Lipinski definition) is 2. The first kappa shape index (κ1) is 22.6. The van der Waals surface area contributed by atoms with Crippen molar-refractivity contribution in [2.75, 3.05) is 19.6 Å². The molecule has 1 aliphatic heterocycles. The molecule has 4 rings (SSSR count). The maximum Gasteiger partial charge on any atom is 0.241 e. The molecule has 1 unspecified atom stereocenters. The van der Waals surface area contributed by atoms with Crippen LogP contribution in [0.4, 0.5) is 4.39 Å². The minimum atomic E-state index is -0.228. The van der Waals surface area contributed by atoms with Gasteiger partial charge in [-0.2, -0.15) is 0 Å². The monoisotopic (exact) mass is 434 g/mol. The molecule has 32 heavy (non-hydrogen) atoms. The fraction of sp³-hybridized carbons (Fsp3) is 0.464. The Kier molecular flexibility index (Phi) is 7.29. The molecule has 1 saturated carbocycles. The number of aryl methyl sites for hydroxylation is 1. The highest BCUT2D eigenvalue weighted by molar-refractivity contribution is 5.80. The summed E-state index contributed by atoms with van der Waals surface area (Å²) < 4.78 is 13.5. The van der Waals surface area contributed by atoms with Crippen LogP contribution in [0, 0.1) is 24.6 Å². The minimum Gasteiger partial charge on any atom is -0.376 e. The van der Waals surface area contributed by atoms with Crippen LogP contribution in [0.5, 0.6) is 0 Å². The summed E-state index contributed by atoms with van der Waals surface area (Å²) in [6.07, 6.45) is 7.56. The lowest BCUT2D eigenvalue weighted by Gasteiger charge is -2.30. The van der Waals surface area contributed by atoms with E-state index in [-0.39, 0.29) is 18.3 Å². The molecule has 0 radical (unpaired) electrons. The highest BCUT2D eigenvalue weighted by Crippen LogP contribution is 2.39. The van der Waals surface area contributed by atoms with E-state index in [0.717, 1.165) is 36.9 Å². The van der Waals surface area contributed by atoms with Crippen LogP contribution in [0.25, 0.3) is 5.70 Å². The lowest BCUT2D eigenvalue weighted by Crippen LogP contribution is -2.36. The first-order chi connectivity index (χ1) is 15.5. The first-order valence-electron chi connectivity index (χ1n) is 12.0. The number of likely N-dealkylation sites (tertiary alicyclic amines) is 1. The van der Waals surface area contributed by atoms with Crippen LogP contribution in [0.15, 0.2) is 55.1 Å². The van der Waals surface area contributed by atoms with Crippen molar-refractivity contribution in [3.63, 3.8) is 0 Å². The number of amides is 1. The van der Waals surface area contributed by atoms with Crippen molar-refractivity contribution in [1.82, 2.24) is 10.2 Å². The van der Waals surface area contributed by atoms with Crippen molar-refractivity contribution in [2.24, 2.45) is 11.8 Å². The predicted molar refractivity (Wildman–Crippen MR) is 129 cm³/mol. The van der Waals surface area contributed by atoms with E-state index in [1.165, 1.54) is 43.7 Å².